The molecule has 0 amide bonds. The van der Waals surface area contributed by atoms with Crippen LogP contribution in [0.3, 0.4) is 0 Å². The highest BCUT2D eigenvalue weighted by Gasteiger charge is 2.30. The molecule has 2 aromatic heterocycles. The fourth-order valence-corrected chi connectivity index (χ4v) is 4.10. The molecular formula is C21H21N5O2. The molecule has 2 aliphatic rings. The molecule has 0 aliphatic carbocycles. The summed E-state index contributed by atoms with van der Waals surface area (Å²) in [4.78, 5) is 8.68. The molecule has 0 saturated carbocycles. The predicted octanol–water partition coefficient (Wildman–Crippen LogP) is 2.62. The summed E-state index contributed by atoms with van der Waals surface area (Å²) in [5.74, 6) is 0.797. The van der Waals surface area contributed by atoms with Gasteiger partial charge in [0.15, 0.2) is 0 Å². The van der Waals surface area contributed by atoms with Crippen LogP contribution in [-0.2, 0) is 17.7 Å². The van der Waals surface area contributed by atoms with Crippen molar-refractivity contribution in [2.75, 3.05) is 13.2 Å². The Morgan fingerprint density at radius 2 is 2.29 bits per heavy atom. The molecule has 0 spiro atoms. The average Bonchev–Trinajstić information content (AvgIpc) is 3.35. The van der Waals surface area contributed by atoms with E-state index in [4.69, 9.17) is 9.47 Å². The highest BCUT2D eigenvalue weighted by Crippen LogP contribution is 2.33. The largest absolute Gasteiger partial charge is 0.487 e. The number of fused-ring (bicyclic) bond motifs is 2. The van der Waals surface area contributed by atoms with Crippen LogP contribution in [-0.4, -0.2) is 33.8 Å². The molecule has 0 radical (unpaired) electrons. The summed E-state index contributed by atoms with van der Waals surface area (Å²) in [6.07, 6.45) is 5.05. The van der Waals surface area contributed by atoms with Crippen LogP contribution in [0.1, 0.15) is 35.0 Å². The number of nitrogens with zero attached hydrogens (tertiary/aromatic N) is 4. The smallest absolute Gasteiger partial charge is 0.145 e. The summed E-state index contributed by atoms with van der Waals surface area (Å²) in [6, 6.07) is 8.10. The second-order valence-electron chi connectivity index (χ2n) is 7.33. The third kappa shape index (κ3) is 2.91. The van der Waals surface area contributed by atoms with Crippen molar-refractivity contribution in [3.05, 3.63) is 53.1 Å². The van der Waals surface area contributed by atoms with Gasteiger partial charge < -0.3 is 19.4 Å². The standard InChI is InChI=1S/C21H21N5O2/c1-13-17-3-5-26(21(17)25-12-24-13)20-8-16(11-27-20)28-19-7-14(9-22)6-15-2-4-23-10-18(15)19/h3,5-7,12,16,20,23H,2,4,8,10-11H2,1H3. The molecule has 1 saturated heterocycles. The van der Waals surface area contributed by atoms with Crippen molar-refractivity contribution >= 4 is 11.0 Å². The molecule has 3 aromatic rings. The third-order valence-electron chi connectivity index (χ3n) is 5.55. The minimum atomic E-state index is -0.120. The maximum absolute atomic E-state index is 9.35. The number of benzene rings is 1. The molecule has 2 unspecified atom stereocenters. The van der Waals surface area contributed by atoms with E-state index in [-0.39, 0.29) is 12.3 Å². The molecule has 4 heterocycles. The van der Waals surface area contributed by atoms with Gasteiger partial charge in [-0.1, -0.05) is 0 Å². The van der Waals surface area contributed by atoms with Gasteiger partial charge in [0.2, 0.25) is 0 Å². The number of hydrogen-bond acceptors (Lipinski definition) is 6. The first kappa shape index (κ1) is 17.2. The van der Waals surface area contributed by atoms with Crippen LogP contribution >= 0.6 is 0 Å². The molecular weight excluding hydrogens is 354 g/mol. The third-order valence-corrected chi connectivity index (χ3v) is 5.55. The first-order chi connectivity index (χ1) is 13.7. The Kier molecular flexibility index (Phi) is 4.23. The molecule has 1 N–H and O–H groups in total. The van der Waals surface area contributed by atoms with Gasteiger partial charge in [-0.3, -0.25) is 0 Å². The Hall–Kier alpha value is -2.95. The lowest BCUT2D eigenvalue weighted by atomic mass is 9.97. The second kappa shape index (κ2) is 6.89. The fourth-order valence-electron chi connectivity index (χ4n) is 4.10. The summed E-state index contributed by atoms with van der Waals surface area (Å²) in [5.41, 5.74) is 4.85. The number of ether oxygens (including phenoxy) is 2. The highest BCUT2D eigenvalue weighted by molar-refractivity contribution is 5.78. The number of aryl methyl sites for hydroxylation is 1. The zero-order valence-corrected chi connectivity index (χ0v) is 15.7. The van der Waals surface area contributed by atoms with Crippen molar-refractivity contribution in [2.24, 2.45) is 0 Å². The van der Waals surface area contributed by atoms with E-state index in [1.165, 1.54) is 5.56 Å². The minimum Gasteiger partial charge on any atom is -0.487 e. The fraction of sp³-hybridized carbons (Fsp3) is 0.381. The quantitative estimate of drug-likeness (QED) is 0.757. The molecule has 0 bridgehead atoms. The van der Waals surface area contributed by atoms with E-state index in [0.717, 1.165) is 54.0 Å². The van der Waals surface area contributed by atoms with E-state index >= 15 is 0 Å². The van der Waals surface area contributed by atoms with Crippen LogP contribution in [0.2, 0.25) is 0 Å². The SMILES string of the molecule is Cc1ncnc2c1ccn2C1CC(Oc2cc(C#N)cc3c2CNCC3)CO1. The van der Waals surface area contributed by atoms with Gasteiger partial charge in [0, 0.05) is 30.1 Å². The Labute approximate surface area is 162 Å². The van der Waals surface area contributed by atoms with Crippen LogP contribution < -0.4 is 10.1 Å². The van der Waals surface area contributed by atoms with Gasteiger partial charge in [-0.15, -0.1) is 0 Å². The van der Waals surface area contributed by atoms with Gasteiger partial charge in [-0.2, -0.15) is 5.26 Å². The lowest BCUT2D eigenvalue weighted by Crippen LogP contribution is -2.26. The lowest BCUT2D eigenvalue weighted by Gasteiger charge is -2.23. The van der Waals surface area contributed by atoms with E-state index in [1.54, 1.807) is 6.33 Å². The van der Waals surface area contributed by atoms with Crippen molar-refractivity contribution < 1.29 is 9.47 Å². The monoisotopic (exact) mass is 375 g/mol. The maximum atomic E-state index is 9.35. The van der Waals surface area contributed by atoms with Crippen molar-refractivity contribution in [1.82, 2.24) is 19.9 Å². The summed E-state index contributed by atoms with van der Waals surface area (Å²) >= 11 is 0. The van der Waals surface area contributed by atoms with Crippen molar-refractivity contribution in [3.8, 4) is 11.8 Å². The van der Waals surface area contributed by atoms with Crippen molar-refractivity contribution in [3.63, 3.8) is 0 Å². The molecule has 7 heteroatoms. The summed E-state index contributed by atoms with van der Waals surface area (Å²) in [6.45, 7) is 4.19. The zero-order chi connectivity index (χ0) is 19.1. The highest BCUT2D eigenvalue weighted by atomic mass is 16.6. The second-order valence-corrected chi connectivity index (χ2v) is 7.33. The number of nitrogens with one attached hydrogen (secondary N) is 1. The molecule has 28 heavy (non-hydrogen) atoms. The summed E-state index contributed by atoms with van der Waals surface area (Å²) in [5, 5.41) is 13.8. The van der Waals surface area contributed by atoms with E-state index in [9.17, 15) is 5.26 Å². The van der Waals surface area contributed by atoms with Crippen molar-refractivity contribution in [1.29, 1.82) is 5.26 Å². The molecule has 1 aromatic carbocycles. The Balaban J connectivity index is 1.39. The van der Waals surface area contributed by atoms with Gasteiger partial charge in [0.1, 0.15) is 30.1 Å². The predicted molar refractivity (Wildman–Crippen MR) is 103 cm³/mol. The van der Waals surface area contributed by atoms with Gasteiger partial charge in [-0.05, 0) is 43.7 Å². The Morgan fingerprint density at radius 3 is 3.18 bits per heavy atom. The maximum Gasteiger partial charge on any atom is 0.145 e. The van der Waals surface area contributed by atoms with Crippen LogP contribution in [0.15, 0.2) is 30.7 Å². The molecule has 2 aliphatic heterocycles. The molecule has 2 atom stereocenters. The van der Waals surface area contributed by atoms with Crippen LogP contribution in [0, 0.1) is 18.3 Å². The first-order valence-corrected chi connectivity index (χ1v) is 9.56. The molecule has 142 valence electrons. The number of rotatable bonds is 3. The first-order valence-electron chi connectivity index (χ1n) is 9.56. The molecule has 7 nitrogen and oxygen atoms in total. The van der Waals surface area contributed by atoms with Crippen LogP contribution in [0.5, 0.6) is 5.75 Å². The zero-order valence-electron chi connectivity index (χ0n) is 15.7. The number of aromatic nitrogens is 3. The van der Waals surface area contributed by atoms with Crippen LogP contribution in [0.4, 0.5) is 0 Å². The van der Waals surface area contributed by atoms with E-state index < -0.39 is 0 Å². The Morgan fingerprint density at radius 1 is 1.36 bits per heavy atom. The van der Waals surface area contributed by atoms with Crippen molar-refractivity contribution in [2.45, 2.75) is 38.6 Å². The lowest BCUT2D eigenvalue weighted by molar-refractivity contribution is 0.0526. The molecule has 1 fully saturated rings. The summed E-state index contributed by atoms with van der Waals surface area (Å²) < 4.78 is 14.4. The Bertz CT molecular complexity index is 1080. The van der Waals surface area contributed by atoms with Gasteiger partial charge in [0.05, 0.1) is 23.9 Å². The van der Waals surface area contributed by atoms with Gasteiger partial charge >= 0.3 is 0 Å². The molecule has 5 rings (SSSR count). The van der Waals surface area contributed by atoms with Crippen LogP contribution in [0.25, 0.3) is 11.0 Å². The van der Waals surface area contributed by atoms with E-state index in [1.807, 2.05) is 31.3 Å². The van der Waals surface area contributed by atoms with E-state index in [0.29, 0.717) is 12.2 Å². The van der Waals surface area contributed by atoms with Gasteiger partial charge in [-0.25, -0.2) is 9.97 Å². The topological polar surface area (TPSA) is 85.0 Å². The summed E-state index contributed by atoms with van der Waals surface area (Å²) in [7, 11) is 0. The van der Waals surface area contributed by atoms with Gasteiger partial charge in [0.25, 0.3) is 0 Å². The number of nitriles is 1. The normalized spacial score (nSPS) is 21.4. The van der Waals surface area contributed by atoms with E-state index in [2.05, 4.69) is 25.9 Å². The average molecular weight is 375 g/mol. The minimum absolute atomic E-state index is 0.0645. The number of hydrogen-bond donors (Lipinski definition) is 1.